The number of anilines is 1. The number of nitrogens with zero attached hydrogens (tertiary/aromatic N) is 1. The molecule has 22 heavy (non-hydrogen) atoms. The number of fused-ring (bicyclic) bond motifs is 1. The van der Waals surface area contributed by atoms with Gasteiger partial charge >= 0.3 is 0 Å². The Balaban J connectivity index is 1.86. The van der Waals surface area contributed by atoms with Crippen LogP contribution in [0.1, 0.15) is 38.7 Å². The molecule has 1 aliphatic rings. The van der Waals surface area contributed by atoms with Crippen molar-refractivity contribution in [2.45, 2.75) is 37.5 Å². The lowest BCUT2D eigenvalue weighted by Gasteiger charge is -2.08. The maximum Gasteiger partial charge on any atom is 0.275 e. The number of carbonyl (C=O) groups excluding carboxylic acids is 1. The molecule has 0 aromatic carbocycles. The normalized spacial score (nSPS) is 14.6. The fourth-order valence-corrected chi connectivity index (χ4v) is 4.93. The van der Waals surface area contributed by atoms with Gasteiger partial charge in [-0.1, -0.05) is 5.16 Å². The summed E-state index contributed by atoms with van der Waals surface area (Å²) in [5.74, 6) is -0.869. The summed E-state index contributed by atoms with van der Waals surface area (Å²) >= 11 is 1.34. The van der Waals surface area contributed by atoms with Crippen LogP contribution in [0, 0.1) is 6.92 Å². The number of hydrogen-bond donors (Lipinski definition) is 2. The highest BCUT2D eigenvalue weighted by Gasteiger charge is 2.28. The Hall–Kier alpha value is -1.87. The topological polar surface area (TPSA) is 115 Å². The largest absolute Gasteiger partial charge is 0.380 e. The molecule has 2 heterocycles. The Bertz CT molecular complexity index is 793. The van der Waals surface area contributed by atoms with Crippen molar-refractivity contribution in [1.82, 2.24) is 9.88 Å². The monoisotopic (exact) mass is 341 g/mol. The van der Waals surface area contributed by atoms with Crippen LogP contribution in [0.25, 0.3) is 0 Å². The van der Waals surface area contributed by atoms with Gasteiger partial charge in [-0.2, -0.15) is 0 Å². The molecule has 0 saturated heterocycles. The zero-order valence-electron chi connectivity index (χ0n) is 11.9. The highest BCUT2D eigenvalue weighted by Crippen LogP contribution is 2.30. The molecule has 0 atom stereocenters. The van der Waals surface area contributed by atoms with Gasteiger partial charge in [-0.05, 0) is 44.2 Å². The second-order valence-corrected chi connectivity index (χ2v) is 7.91. The molecule has 0 unspecified atom stereocenters. The smallest absolute Gasteiger partial charge is 0.275 e. The van der Waals surface area contributed by atoms with Crippen LogP contribution < -0.4 is 10.5 Å². The number of amides is 1. The SMILES string of the molecule is Cc1onc(N)c1S(=O)(=O)NC(=O)c1cc2c(s1)CCCC2. The van der Waals surface area contributed by atoms with Crippen molar-refractivity contribution in [3.63, 3.8) is 0 Å². The van der Waals surface area contributed by atoms with E-state index in [1.807, 2.05) is 4.72 Å². The minimum atomic E-state index is -4.10. The van der Waals surface area contributed by atoms with Gasteiger partial charge in [-0.3, -0.25) is 4.79 Å². The number of rotatable bonds is 3. The third kappa shape index (κ3) is 2.61. The summed E-state index contributed by atoms with van der Waals surface area (Å²) < 4.78 is 31.3. The summed E-state index contributed by atoms with van der Waals surface area (Å²) in [4.78, 5) is 13.5. The molecule has 9 heteroatoms. The van der Waals surface area contributed by atoms with E-state index in [0.717, 1.165) is 36.1 Å². The van der Waals surface area contributed by atoms with Crippen LogP contribution in [0.4, 0.5) is 5.82 Å². The zero-order valence-corrected chi connectivity index (χ0v) is 13.5. The first kappa shape index (κ1) is 15.0. The predicted molar refractivity (Wildman–Crippen MR) is 81.3 cm³/mol. The van der Waals surface area contributed by atoms with E-state index < -0.39 is 15.9 Å². The van der Waals surface area contributed by atoms with Crippen molar-refractivity contribution in [2.24, 2.45) is 0 Å². The van der Waals surface area contributed by atoms with E-state index in [2.05, 4.69) is 5.16 Å². The molecule has 7 nitrogen and oxygen atoms in total. The van der Waals surface area contributed by atoms with E-state index in [0.29, 0.717) is 4.88 Å². The molecule has 0 bridgehead atoms. The maximum atomic E-state index is 12.3. The van der Waals surface area contributed by atoms with Crippen molar-refractivity contribution in [2.75, 3.05) is 5.73 Å². The number of nitrogen functional groups attached to an aromatic ring is 1. The van der Waals surface area contributed by atoms with E-state index in [9.17, 15) is 13.2 Å². The Kier molecular flexibility index (Phi) is 3.69. The van der Waals surface area contributed by atoms with Gasteiger partial charge in [0.2, 0.25) is 0 Å². The van der Waals surface area contributed by atoms with Gasteiger partial charge in [0, 0.05) is 4.88 Å². The van der Waals surface area contributed by atoms with Crippen molar-refractivity contribution >= 4 is 33.1 Å². The molecule has 0 radical (unpaired) electrons. The molecule has 118 valence electrons. The standard InChI is InChI=1S/C13H15N3O4S2/c1-7-11(12(14)15-20-7)22(18,19)16-13(17)10-6-8-4-2-3-5-9(8)21-10/h6H,2-5H2,1H3,(H2,14,15)(H,16,17). The first-order valence-corrected chi connectivity index (χ1v) is 9.09. The van der Waals surface area contributed by atoms with E-state index >= 15 is 0 Å². The van der Waals surface area contributed by atoms with Crippen LogP contribution in [0.2, 0.25) is 0 Å². The molecule has 0 fully saturated rings. The lowest BCUT2D eigenvalue weighted by molar-refractivity contribution is 0.0985. The van der Waals surface area contributed by atoms with Gasteiger partial charge in [-0.15, -0.1) is 11.3 Å². The maximum absolute atomic E-state index is 12.3. The highest BCUT2D eigenvalue weighted by molar-refractivity contribution is 7.90. The van der Waals surface area contributed by atoms with Gasteiger partial charge in [0.1, 0.15) is 0 Å². The summed E-state index contributed by atoms with van der Waals surface area (Å²) in [5, 5.41) is 3.39. The van der Waals surface area contributed by atoms with Crippen LogP contribution in [0.15, 0.2) is 15.5 Å². The average Bonchev–Trinajstić information content (AvgIpc) is 3.02. The van der Waals surface area contributed by atoms with E-state index in [-0.39, 0.29) is 16.5 Å². The Morgan fingerprint density at radius 2 is 2.14 bits per heavy atom. The quantitative estimate of drug-likeness (QED) is 0.876. The van der Waals surface area contributed by atoms with Gasteiger partial charge in [0.15, 0.2) is 16.5 Å². The van der Waals surface area contributed by atoms with Crippen molar-refractivity contribution in [3.8, 4) is 0 Å². The van der Waals surface area contributed by atoms with Crippen LogP contribution >= 0.6 is 11.3 Å². The van der Waals surface area contributed by atoms with Crippen molar-refractivity contribution in [3.05, 3.63) is 27.1 Å². The predicted octanol–water partition coefficient (Wildman–Crippen LogP) is 1.62. The van der Waals surface area contributed by atoms with Crippen molar-refractivity contribution in [1.29, 1.82) is 0 Å². The van der Waals surface area contributed by atoms with E-state index in [1.54, 1.807) is 6.07 Å². The number of nitrogens with one attached hydrogen (secondary N) is 1. The van der Waals surface area contributed by atoms with Crippen LogP contribution in [0.3, 0.4) is 0 Å². The summed E-state index contributed by atoms with van der Waals surface area (Å²) in [6.07, 6.45) is 4.07. The average molecular weight is 341 g/mol. The van der Waals surface area contributed by atoms with E-state index in [4.69, 9.17) is 10.3 Å². The number of aryl methyl sites for hydroxylation is 3. The Morgan fingerprint density at radius 3 is 2.77 bits per heavy atom. The zero-order chi connectivity index (χ0) is 15.9. The second-order valence-electron chi connectivity index (χ2n) is 5.15. The number of nitrogens with two attached hydrogens (primary N) is 1. The molecule has 2 aromatic rings. The molecule has 3 N–H and O–H groups in total. The number of aromatic nitrogens is 1. The summed E-state index contributed by atoms with van der Waals surface area (Å²) in [7, 11) is -4.10. The van der Waals surface area contributed by atoms with Crippen LogP contribution in [-0.4, -0.2) is 19.5 Å². The number of hydrogen-bond acceptors (Lipinski definition) is 7. The molecule has 3 rings (SSSR count). The third-order valence-electron chi connectivity index (χ3n) is 3.55. The molecule has 2 aromatic heterocycles. The molecular formula is C13H15N3O4S2. The number of carbonyl (C=O) groups is 1. The first-order valence-electron chi connectivity index (χ1n) is 6.79. The lowest BCUT2D eigenvalue weighted by atomic mass is 9.99. The molecule has 0 spiro atoms. The third-order valence-corrected chi connectivity index (χ3v) is 6.27. The van der Waals surface area contributed by atoms with Gasteiger partial charge in [-0.25, -0.2) is 13.1 Å². The minimum absolute atomic E-state index is 0.0447. The molecular weight excluding hydrogens is 326 g/mol. The highest BCUT2D eigenvalue weighted by atomic mass is 32.2. The fraction of sp³-hybridized carbons (Fsp3) is 0.385. The van der Waals surface area contributed by atoms with Crippen molar-refractivity contribution < 1.29 is 17.7 Å². The summed E-state index contributed by atoms with van der Waals surface area (Å²) in [5.41, 5.74) is 6.63. The van der Waals surface area contributed by atoms with Crippen LogP contribution in [0.5, 0.6) is 0 Å². The van der Waals surface area contributed by atoms with E-state index in [1.165, 1.54) is 18.3 Å². The summed E-state index contributed by atoms with van der Waals surface area (Å²) in [6, 6.07) is 1.77. The van der Waals surface area contributed by atoms with Gasteiger partial charge < -0.3 is 10.3 Å². The first-order chi connectivity index (χ1) is 10.4. The molecule has 0 saturated carbocycles. The fourth-order valence-electron chi connectivity index (χ4n) is 2.53. The Labute approximate surface area is 131 Å². The number of sulfonamides is 1. The molecule has 1 amide bonds. The lowest BCUT2D eigenvalue weighted by Crippen LogP contribution is -2.30. The Morgan fingerprint density at radius 1 is 1.41 bits per heavy atom. The van der Waals surface area contributed by atoms with Gasteiger partial charge in [0.25, 0.3) is 15.9 Å². The molecule has 1 aliphatic carbocycles. The number of thiophene rings is 1. The van der Waals surface area contributed by atoms with Crippen LogP contribution in [-0.2, 0) is 22.9 Å². The second kappa shape index (κ2) is 5.40. The summed E-state index contributed by atoms with van der Waals surface area (Å²) in [6.45, 7) is 1.42. The van der Waals surface area contributed by atoms with Gasteiger partial charge in [0.05, 0.1) is 4.88 Å². The molecule has 0 aliphatic heterocycles. The minimum Gasteiger partial charge on any atom is -0.380 e.